The highest BCUT2D eigenvalue weighted by molar-refractivity contribution is 7.99. The Balaban J connectivity index is 1.39. The Morgan fingerprint density at radius 2 is 1.88 bits per heavy atom. The number of nitrogens with zero attached hydrogens (tertiary/aromatic N) is 3. The number of amides is 1. The van der Waals surface area contributed by atoms with Gasteiger partial charge in [-0.1, -0.05) is 30.0 Å². The Morgan fingerprint density at radius 1 is 1.16 bits per heavy atom. The van der Waals surface area contributed by atoms with Gasteiger partial charge < -0.3 is 9.64 Å². The van der Waals surface area contributed by atoms with Crippen molar-refractivity contribution in [2.75, 3.05) is 18.8 Å². The molecule has 2 aliphatic rings. The lowest BCUT2D eigenvalue weighted by molar-refractivity contribution is -0.132. The maximum atomic E-state index is 12.4. The SMILES string of the molecule is O=C1OC2(CCN(C(=O)CSc3ncccn3)CC2)c2ccccc21. The van der Waals surface area contributed by atoms with Gasteiger partial charge >= 0.3 is 5.97 Å². The molecule has 1 spiro atoms. The summed E-state index contributed by atoms with van der Waals surface area (Å²) in [4.78, 5) is 34.6. The Kier molecular flexibility index (Phi) is 4.17. The van der Waals surface area contributed by atoms with Crippen molar-refractivity contribution in [3.8, 4) is 0 Å². The molecule has 1 saturated heterocycles. The first-order valence-electron chi connectivity index (χ1n) is 8.18. The minimum absolute atomic E-state index is 0.0601. The highest BCUT2D eigenvalue weighted by Gasteiger charge is 2.47. The van der Waals surface area contributed by atoms with Crippen LogP contribution in [-0.2, 0) is 15.1 Å². The van der Waals surface area contributed by atoms with E-state index in [2.05, 4.69) is 9.97 Å². The number of thioether (sulfide) groups is 1. The number of carbonyl (C=O) groups is 2. The third kappa shape index (κ3) is 3.00. The molecule has 1 aromatic heterocycles. The van der Waals surface area contributed by atoms with Gasteiger partial charge in [-0.05, 0) is 12.1 Å². The van der Waals surface area contributed by atoms with Crippen molar-refractivity contribution < 1.29 is 14.3 Å². The maximum Gasteiger partial charge on any atom is 0.339 e. The molecule has 0 N–H and O–H groups in total. The summed E-state index contributed by atoms with van der Waals surface area (Å²) in [6, 6.07) is 9.29. The van der Waals surface area contributed by atoms with Crippen LogP contribution < -0.4 is 0 Å². The Morgan fingerprint density at radius 3 is 2.64 bits per heavy atom. The van der Waals surface area contributed by atoms with Crippen LogP contribution in [0.5, 0.6) is 0 Å². The summed E-state index contributed by atoms with van der Waals surface area (Å²) in [5.74, 6) is 0.116. The molecule has 4 rings (SSSR count). The number of esters is 1. The van der Waals surface area contributed by atoms with Crippen LogP contribution in [0.25, 0.3) is 0 Å². The fourth-order valence-electron chi connectivity index (χ4n) is 3.41. The first-order valence-corrected chi connectivity index (χ1v) is 9.17. The fraction of sp³-hybridized carbons (Fsp3) is 0.333. The molecule has 7 heteroatoms. The van der Waals surface area contributed by atoms with E-state index in [9.17, 15) is 9.59 Å². The largest absolute Gasteiger partial charge is 0.450 e. The summed E-state index contributed by atoms with van der Waals surface area (Å²) in [6.45, 7) is 1.16. The number of benzene rings is 1. The summed E-state index contributed by atoms with van der Waals surface area (Å²) >= 11 is 1.34. The molecular formula is C18H17N3O3S. The molecule has 0 unspecified atom stereocenters. The number of rotatable bonds is 3. The molecule has 0 bridgehead atoms. The van der Waals surface area contributed by atoms with E-state index in [1.165, 1.54) is 11.8 Å². The van der Waals surface area contributed by atoms with Gasteiger partial charge in [-0.15, -0.1) is 0 Å². The molecule has 1 amide bonds. The zero-order valence-electron chi connectivity index (χ0n) is 13.6. The van der Waals surface area contributed by atoms with Crippen LogP contribution in [0.3, 0.4) is 0 Å². The molecular weight excluding hydrogens is 338 g/mol. The molecule has 2 aliphatic heterocycles. The van der Waals surface area contributed by atoms with Crippen molar-refractivity contribution >= 4 is 23.6 Å². The maximum absolute atomic E-state index is 12.4. The zero-order valence-corrected chi connectivity index (χ0v) is 14.4. The van der Waals surface area contributed by atoms with Crippen LogP contribution in [-0.4, -0.2) is 45.6 Å². The average Bonchev–Trinajstić information content (AvgIpc) is 2.93. The van der Waals surface area contributed by atoms with Crippen molar-refractivity contribution in [1.82, 2.24) is 14.9 Å². The van der Waals surface area contributed by atoms with E-state index in [1.807, 2.05) is 23.1 Å². The van der Waals surface area contributed by atoms with Gasteiger partial charge in [0, 0.05) is 43.9 Å². The van der Waals surface area contributed by atoms with Crippen molar-refractivity contribution in [2.45, 2.75) is 23.6 Å². The molecule has 1 fully saturated rings. The minimum atomic E-state index is -0.569. The molecule has 0 saturated carbocycles. The average molecular weight is 355 g/mol. The molecule has 128 valence electrons. The van der Waals surface area contributed by atoms with Gasteiger partial charge in [-0.3, -0.25) is 4.79 Å². The Bertz CT molecular complexity index is 804. The second-order valence-corrected chi connectivity index (χ2v) is 7.07. The van der Waals surface area contributed by atoms with Gasteiger partial charge in [0.2, 0.25) is 5.91 Å². The number of carbonyl (C=O) groups excluding carboxylic acids is 2. The van der Waals surface area contributed by atoms with Crippen molar-refractivity contribution in [3.63, 3.8) is 0 Å². The van der Waals surface area contributed by atoms with E-state index < -0.39 is 5.60 Å². The van der Waals surface area contributed by atoms with E-state index in [0.29, 0.717) is 42.4 Å². The molecule has 2 aromatic rings. The molecule has 0 radical (unpaired) electrons. The third-order valence-electron chi connectivity index (χ3n) is 4.72. The van der Waals surface area contributed by atoms with Gasteiger partial charge in [-0.2, -0.15) is 0 Å². The van der Waals surface area contributed by atoms with E-state index >= 15 is 0 Å². The fourth-order valence-corrected chi connectivity index (χ4v) is 4.12. The summed E-state index contributed by atoms with van der Waals surface area (Å²) in [6.07, 6.45) is 4.59. The lowest BCUT2D eigenvalue weighted by Crippen LogP contribution is -2.46. The van der Waals surface area contributed by atoms with Crippen molar-refractivity contribution in [3.05, 3.63) is 53.9 Å². The number of ether oxygens (including phenoxy) is 1. The molecule has 1 aromatic carbocycles. The van der Waals surface area contributed by atoms with Gasteiger partial charge in [0.05, 0.1) is 11.3 Å². The standard InChI is InChI=1S/C18H17N3O3S/c22-15(12-25-17-19-8-3-9-20-17)21-10-6-18(7-11-21)14-5-2-1-4-13(14)16(23)24-18/h1-5,8-9H,6-7,10-12H2. The van der Waals surface area contributed by atoms with Crippen LogP contribution in [0.1, 0.15) is 28.8 Å². The molecule has 3 heterocycles. The predicted octanol–water partition coefficient (Wildman–Crippen LogP) is 2.26. The summed E-state index contributed by atoms with van der Waals surface area (Å²) < 4.78 is 5.72. The van der Waals surface area contributed by atoms with Gasteiger partial charge in [-0.25, -0.2) is 14.8 Å². The second-order valence-electron chi connectivity index (χ2n) is 6.13. The second kappa shape index (κ2) is 6.48. The van der Waals surface area contributed by atoms with Crippen LogP contribution >= 0.6 is 11.8 Å². The summed E-state index contributed by atoms with van der Waals surface area (Å²) in [7, 11) is 0. The summed E-state index contributed by atoms with van der Waals surface area (Å²) in [5, 5.41) is 0.600. The van der Waals surface area contributed by atoms with E-state index in [-0.39, 0.29) is 11.9 Å². The Labute approximate surface area is 149 Å². The van der Waals surface area contributed by atoms with Crippen LogP contribution in [0.15, 0.2) is 47.9 Å². The van der Waals surface area contributed by atoms with Crippen LogP contribution in [0, 0.1) is 0 Å². The lowest BCUT2D eigenvalue weighted by Gasteiger charge is -2.38. The van der Waals surface area contributed by atoms with Crippen molar-refractivity contribution in [2.24, 2.45) is 0 Å². The van der Waals surface area contributed by atoms with E-state index in [4.69, 9.17) is 4.74 Å². The van der Waals surface area contributed by atoms with Gasteiger partial charge in [0.1, 0.15) is 5.60 Å². The van der Waals surface area contributed by atoms with Gasteiger partial charge in [0.25, 0.3) is 0 Å². The smallest absolute Gasteiger partial charge is 0.339 e. The van der Waals surface area contributed by atoms with Crippen LogP contribution in [0.2, 0.25) is 0 Å². The number of fused-ring (bicyclic) bond motifs is 2. The van der Waals surface area contributed by atoms with Crippen molar-refractivity contribution in [1.29, 1.82) is 0 Å². The molecule has 25 heavy (non-hydrogen) atoms. The topological polar surface area (TPSA) is 72.4 Å². The molecule has 0 aliphatic carbocycles. The van der Waals surface area contributed by atoms with Gasteiger partial charge in [0.15, 0.2) is 5.16 Å². The number of aromatic nitrogens is 2. The highest BCUT2D eigenvalue weighted by Crippen LogP contribution is 2.43. The zero-order chi connectivity index (χ0) is 17.3. The van der Waals surface area contributed by atoms with E-state index in [0.717, 1.165) is 5.56 Å². The number of likely N-dealkylation sites (tertiary alicyclic amines) is 1. The predicted molar refractivity (Wildman–Crippen MR) is 92.1 cm³/mol. The number of hydrogen-bond donors (Lipinski definition) is 0. The normalized spacial score (nSPS) is 18.1. The number of piperidine rings is 1. The summed E-state index contributed by atoms with van der Waals surface area (Å²) in [5.41, 5.74) is 1.04. The molecule has 0 atom stereocenters. The highest BCUT2D eigenvalue weighted by atomic mass is 32.2. The van der Waals surface area contributed by atoms with Crippen LogP contribution in [0.4, 0.5) is 0 Å². The first kappa shape index (κ1) is 16.1. The quantitative estimate of drug-likeness (QED) is 0.478. The van der Waals surface area contributed by atoms with E-state index in [1.54, 1.807) is 24.5 Å². The first-order chi connectivity index (χ1) is 12.2. The lowest BCUT2D eigenvalue weighted by atomic mass is 9.84. The third-order valence-corrected chi connectivity index (χ3v) is 5.58. The number of hydrogen-bond acceptors (Lipinski definition) is 6. The Hall–Kier alpha value is -2.41. The monoisotopic (exact) mass is 355 g/mol. The minimum Gasteiger partial charge on any atom is -0.450 e. The molecule has 6 nitrogen and oxygen atoms in total.